The van der Waals surface area contributed by atoms with E-state index < -0.39 is 0 Å². The highest BCUT2D eigenvalue weighted by atomic mass is 32.1. The predicted molar refractivity (Wildman–Crippen MR) is 65.5 cm³/mol. The Morgan fingerprint density at radius 2 is 2.20 bits per heavy atom. The molecule has 1 aromatic rings. The van der Waals surface area contributed by atoms with Crippen LogP contribution in [0.25, 0.3) is 0 Å². The fourth-order valence-corrected chi connectivity index (χ4v) is 3.00. The summed E-state index contributed by atoms with van der Waals surface area (Å²) in [4.78, 5) is 6.28. The molecule has 0 radical (unpaired) electrons. The molecule has 0 aliphatic heterocycles. The topological polar surface area (TPSA) is 24.9 Å². The van der Waals surface area contributed by atoms with E-state index in [9.17, 15) is 0 Å². The fourth-order valence-electron chi connectivity index (χ4n) is 1.78. The average molecular weight is 224 g/mol. The summed E-state index contributed by atoms with van der Waals surface area (Å²) in [6.07, 6.45) is 5.07. The summed E-state index contributed by atoms with van der Waals surface area (Å²) in [5.74, 6) is 0.792. The molecule has 15 heavy (non-hydrogen) atoms. The summed E-state index contributed by atoms with van der Waals surface area (Å²) in [6.45, 7) is 6.45. The largest absolute Gasteiger partial charge is 0.312 e. The highest BCUT2D eigenvalue weighted by molar-refractivity contribution is 7.11. The van der Waals surface area contributed by atoms with Gasteiger partial charge in [0.15, 0.2) is 0 Å². The van der Waals surface area contributed by atoms with Crippen molar-refractivity contribution in [3.8, 4) is 0 Å². The van der Waals surface area contributed by atoms with E-state index in [2.05, 4.69) is 19.2 Å². The minimum absolute atomic E-state index is 0.792. The first-order valence-corrected chi connectivity index (χ1v) is 6.86. The van der Waals surface area contributed by atoms with Crippen LogP contribution < -0.4 is 5.32 Å². The van der Waals surface area contributed by atoms with Gasteiger partial charge in [0, 0.05) is 17.3 Å². The van der Waals surface area contributed by atoms with Crippen LogP contribution in [0.1, 0.15) is 54.6 Å². The van der Waals surface area contributed by atoms with Crippen molar-refractivity contribution in [2.45, 2.75) is 52.0 Å². The van der Waals surface area contributed by atoms with E-state index in [-0.39, 0.29) is 0 Å². The predicted octanol–water partition coefficient (Wildman–Crippen LogP) is 3.08. The van der Waals surface area contributed by atoms with Crippen molar-refractivity contribution in [1.29, 1.82) is 0 Å². The second kappa shape index (κ2) is 5.08. The molecule has 84 valence electrons. The van der Waals surface area contributed by atoms with Gasteiger partial charge < -0.3 is 5.32 Å². The molecular weight excluding hydrogens is 204 g/mol. The summed E-state index contributed by atoms with van der Waals surface area (Å²) < 4.78 is 0. The van der Waals surface area contributed by atoms with Gasteiger partial charge in [0.25, 0.3) is 0 Å². The lowest BCUT2D eigenvalue weighted by atomic mass is 10.2. The Morgan fingerprint density at radius 1 is 1.40 bits per heavy atom. The maximum absolute atomic E-state index is 4.79. The van der Waals surface area contributed by atoms with Crippen molar-refractivity contribution in [2.24, 2.45) is 0 Å². The van der Waals surface area contributed by atoms with Crippen molar-refractivity contribution in [1.82, 2.24) is 10.3 Å². The number of rotatable bonds is 6. The van der Waals surface area contributed by atoms with E-state index in [1.165, 1.54) is 34.8 Å². The van der Waals surface area contributed by atoms with E-state index in [0.717, 1.165) is 25.4 Å². The Bertz CT molecular complexity index is 315. The summed E-state index contributed by atoms with van der Waals surface area (Å²) >= 11 is 1.92. The van der Waals surface area contributed by atoms with Gasteiger partial charge in [-0.15, -0.1) is 11.3 Å². The van der Waals surface area contributed by atoms with E-state index in [1.807, 2.05) is 11.3 Å². The van der Waals surface area contributed by atoms with Crippen LogP contribution in [0, 0.1) is 0 Å². The molecule has 1 aliphatic rings. The third kappa shape index (κ3) is 2.79. The Labute approximate surface area is 96.1 Å². The van der Waals surface area contributed by atoms with Crippen LogP contribution in [0.4, 0.5) is 0 Å². The summed E-state index contributed by atoms with van der Waals surface area (Å²) in [6, 6.07) is 0. The van der Waals surface area contributed by atoms with Crippen LogP contribution in [0.2, 0.25) is 0 Å². The van der Waals surface area contributed by atoms with Crippen LogP contribution in [0.5, 0.6) is 0 Å². The van der Waals surface area contributed by atoms with E-state index in [0.29, 0.717) is 0 Å². The molecule has 1 aliphatic carbocycles. The smallest absolute Gasteiger partial charge is 0.0931 e. The van der Waals surface area contributed by atoms with Gasteiger partial charge >= 0.3 is 0 Å². The third-order valence-electron chi connectivity index (χ3n) is 2.74. The molecule has 1 saturated carbocycles. The monoisotopic (exact) mass is 224 g/mol. The van der Waals surface area contributed by atoms with Gasteiger partial charge in [-0.1, -0.05) is 13.8 Å². The molecule has 2 nitrogen and oxygen atoms in total. The summed E-state index contributed by atoms with van der Waals surface area (Å²) in [7, 11) is 0. The molecule has 0 saturated heterocycles. The van der Waals surface area contributed by atoms with Crippen LogP contribution in [0.15, 0.2) is 0 Å². The van der Waals surface area contributed by atoms with Crippen molar-refractivity contribution >= 4 is 11.3 Å². The second-order valence-corrected chi connectivity index (χ2v) is 5.39. The zero-order valence-corrected chi connectivity index (χ0v) is 10.5. The second-order valence-electron chi connectivity index (χ2n) is 4.22. The first-order chi connectivity index (χ1) is 7.35. The number of nitrogens with one attached hydrogen (secondary N) is 1. The molecule has 1 aromatic heterocycles. The van der Waals surface area contributed by atoms with Crippen molar-refractivity contribution in [3.63, 3.8) is 0 Å². The lowest BCUT2D eigenvalue weighted by Gasteiger charge is -2.00. The molecule has 0 aromatic carbocycles. The number of thiazole rings is 1. The van der Waals surface area contributed by atoms with Crippen LogP contribution in [-0.2, 0) is 13.0 Å². The zero-order valence-electron chi connectivity index (χ0n) is 9.68. The van der Waals surface area contributed by atoms with E-state index in [4.69, 9.17) is 4.98 Å². The Hall–Kier alpha value is -0.410. The third-order valence-corrected chi connectivity index (χ3v) is 3.87. The molecule has 0 spiro atoms. The number of hydrogen-bond donors (Lipinski definition) is 1. The SMILES string of the molecule is CCCc1nc(C2CC2)c(CNCC)s1. The molecule has 0 bridgehead atoms. The minimum Gasteiger partial charge on any atom is -0.312 e. The van der Waals surface area contributed by atoms with Gasteiger partial charge in [-0.05, 0) is 32.2 Å². The minimum atomic E-state index is 0.792. The Kier molecular flexibility index (Phi) is 3.76. The highest BCUT2D eigenvalue weighted by Gasteiger charge is 2.29. The Morgan fingerprint density at radius 3 is 2.80 bits per heavy atom. The lowest BCUT2D eigenvalue weighted by Crippen LogP contribution is -2.11. The number of aryl methyl sites for hydroxylation is 1. The average Bonchev–Trinajstić information content (AvgIpc) is 2.99. The van der Waals surface area contributed by atoms with Crippen LogP contribution >= 0.6 is 11.3 Å². The molecule has 1 fully saturated rings. The zero-order chi connectivity index (χ0) is 10.7. The lowest BCUT2D eigenvalue weighted by molar-refractivity contribution is 0.726. The van der Waals surface area contributed by atoms with Crippen molar-refractivity contribution in [2.75, 3.05) is 6.54 Å². The first-order valence-electron chi connectivity index (χ1n) is 6.04. The molecule has 0 atom stereocenters. The normalized spacial score (nSPS) is 15.9. The number of hydrogen-bond acceptors (Lipinski definition) is 3. The van der Waals surface area contributed by atoms with Crippen LogP contribution in [0.3, 0.4) is 0 Å². The molecule has 0 amide bonds. The maximum Gasteiger partial charge on any atom is 0.0931 e. The molecular formula is C12H20N2S. The molecule has 3 heteroatoms. The molecule has 2 rings (SSSR count). The van der Waals surface area contributed by atoms with E-state index in [1.54, 1.807) is 0 Å². The van der Waals surface area contributed by atoms with Gasteiger partial charge in [0.1, 0.15) is 0 Å². The van der Waals surface area contributed by atoms with Crippen molar-refractivity contribution in [3.05, 3.63) is 15.6 Å². The number of nitrogens with zero attached hydrogens (tertiary/aromatic N) is 1. The molecule has 1 N–H and O–H groups in total. The molecule has 1 heterocycles. The van der Waals surface area contributed by atoms with E-state index >= 15 is 0 Å². The van der Waals surface area contributed by atoms with Gasteiger partial charge in [0.05, 0.1) is 10.7 Å². The summed E-state index contributed by atoms with van der Waals surface area (Å²) in [5.41, 5.74) is 1.41. The first kappa shape index (κ1) is 11.1. The number of aromatic nitrogens is 1. The van der Waals surface area contributed by atoms with Crippen molar-refractivity contribution < 1.29 is 0 Å². The quantitative estimate of drug-likeness (QED) is 0.803. The van der Waals surface area contributed by atoms with Gasteiger partial charge in [-0.2, -0.15) is 0 Å². The van der Waals surface area contributed by atoms with Crippen LogP contribution in [-0.4, -0.2) is 11.5 Å². The van der Waals surface area contributed by atoms with Gasteiger partial charge in [0.2, 0.25) is 0 Å². The fraction of sp³-hybridized carbons (Fsp3) is 0.750. The van der Waals surface area contributed by atoms with Gasteiger partial charge in [-0.3, -0.25) is 0 Å². The maximum atomic E-state index is 4.79. The summed E-state index contributed by atoms with van der Waals surface area (Å²) in [5, 5.41) is 4.75. The molecule has 0 unspecified atom stereocenters. The Balaban J connectivity index is 2.09. The highest BCUT2D eigenvalue weighted by Crippen LogP contribution is 2.42. The standard InChI is InChI=1S/C12H20N2S/c1-3-5-11-14-12(9-6-7-9)10(15-11)8-13-4-2/h9,13H,3-8H2,1-2H3. The van der Waals surface area contributed by atoms with Gasteiger partial charge in [-0.25, -0.2) is 4.98 Å².